The van der Waals surface area contributed by atoms with Gasteiger partial charge < -0.3 is 9.63 Å². The van der Waals surface area contributed by atoms with Gasteiger partial charge in [0.1, 0.15) is 0 Å². The van der Waals surface area contributed by atoms with Crippen LogP contribution in [0.1, 0.15) is 19.2 Å². The first kappa shape index (κ1) is 13.2. The third-order valence-corrected chi connectivity index (χ3v) is 3.99. The van der Waals surface area contributed by atoms with Gasteiger partial charge >= 0.3 is 5.97 Å². The molecular weight excluding hydrogens is 320 g/mol. The van der Waals surface area contributed by atoms with E-state index in [1.165, 1.54) is 11.3 Å². The maximum absolute atomic E-state index is 10.6. The molecule has 0 saturated heterocycles. The SMILES string of the molecule is CC(CC(=O)O)Cc1nc(-c2cc(Br)cs2)no1. The molecule has 7 heteroatoms. The number of carbonyl (C=O) groups is 1. The summed E-state index contributed by atoms with van der Waals surface area (Å²) in [5.74, 6) is 0.182. The number of halogens is 1. The molecule has 18 heavy (non-hydrogen) atoms. The Morgan fingerprint density at radius 3 is 3.06 bits per heavy atom. The monoisotopic (exact) mass is 330 g/mol. The van der Waals surface area contributed by atoms with Gasteiger partial charge in [-0.2, -0.15) is 4.98 Å². The number of hydrogen-bond donors (Lipinski definition) is 1. The molecule has 0 amide bonds. The van der Waals surface area contributed by atoms with E-state index >= 15 is 0 Å². The predicted molar refractivity (Wildman–Crippen MR) is 70.4 cm³/mol. The second-order valence-corrected chi connectivity index (χ2v) is 5.87. The lowest BCUT2D eigenvalue weighted by Gasteiger charge is -2.02. The van der Waals surface area contributed by atoms with Crippen molar-refractivity contribution in [2.24, 2.45) is 5.92 Å². The van der Waals surface area contributed by atoms with Crippen molar-refractivity contribution < 1.29 is 14.4 Å². The lowest BCUT2D eigenvalue weighted by atomic mass is 10.0. The number of rotatable bonds is 5. The van der Waals surface area contributed by atoms with E-state index in [1.807, 2.05) is 18.4 Å². The molecule has 0 bridgehead atoms. The Kier molecular flexibility index (Phi) is 4.13. The third-order valence-electron chi connectivity index (χ3n) is 2.30. The van der Waals surface area contributed by atoms with Gasteiger partial charge in [-0.3, -0.25) is 4.79 Å². The molecular formula is C11H11BrN2O3S. The van der Waals surface area contributed by atoms with Crippen molar-refractivity contribution >= 4 is 33.2 Å². The molecule has 0 spiro atoms. The minimum atomic E-state index is -0.815. The zero-order chi connectivity index (χ0) is 13.1. The van der Waals surface area contributed by atoms with Crippen molar-refractivity contribution in [3.8, 4) is 10.7 Å². The van der Waals surface area contributed by atoms with Crippen LogP contribution >= 0.6 is 27.3 Å². The topological polar surface area (TPSA) is 76.2 Å². The lowest BCUT2D eigenvalue weighted by Crippen LogP contribution is -2.07. The van der Waals surface area contributed by atoms with Crippen LogP contribution in [0.15, 0.2) is 20.4 Å². The van der Waals surface area contributed by atoms with Crippen LogP contribution in [0.2, 0.25) is 0 Å². The van der Waals surface area contributed by atoms with Gasteiger partial charge in [-0.05, 0) is 27.9 Å². The van der Waals surface area contributed by atoms with E-state index in [-0.39, 0.29) is 12.3 Å². The molecule has 0 saturated carbocycles. The fourth-order valence-corrected chi connectivity index (χ4v) is 2.89. The summed E-state index contributed by atoms with van der Waals surface area (Å²) in [5.41, 5.74) is 0. The van der Waals surface area contributed by atoms with E-state index < -0.39 is 5.97 Å². The summed E-state index contributed by atoms with van der Waals surface area (Å²) in [5, 5.41) is 14.5. The third kappa shape index (κ3) is 3.39. The Hall–Kier alpha value is -1.21. The number of thiophene rings is 1. The molecule has 0 aliphatic carbocycles. The largest absolute Gasteiger partial charge is 0.481 e. The summed E-state index contributed by atoms with van der Waals surface area (Å²) in [4.78, 5) is 15.7. The molecule has 0 aliphatic heterocycles. The highest BCUT2D eigenvalue weighted by Gasteiger charge is 2.15. The highest BCUT2D eigenvalue weighted by molar-refractivity contribution is 9.10. The average Bonchev–Trinajstić information content (AvgIpc) is 2.85. The first-order valence-electron chi connectivity index (χ1n) is 5.33. The molecule has 2 heterocycles. The van der Waals surface area contributed by atoms with Crippen LogP contribution in [0.25, 0.3) is 10.7 Å². The summed E-state index contributed by atoms with van der Waals surface area (Å²) in [6.45, 7) is 1.85. The highest BCUT2D eigenvalue weighted by atomic mass is 79.9. The van der Waals surface area contributed by atoms with Crippen molar-refractivity contribution in [2.75, 3.05) is 0 Å². The molecule has 0 radical (unpaired) electrons. The van der Waals surface area contributed by atoms with Crippen molar-refractivity contribution in [3.05, 3.63) is 21.8 Å². The summed E-state index contributed by atoms with van der Waals surface area (Å²) >= 11 is 4.88. The number of carboxylic acids is 1. The quantitative estimate of drug-likeness (QED) is 0.910. The number of nitrogens with zero attached hydrogens (tertiary/aromatic N) is 2. The van der Waals surface area contributed by atoms with Crippen molar-refractivity contribution in [3.63, 3.8) is 0 Å². The Morgan fingerprint density at radius 2 is 2.44 bits per heavy atom. The van der Waals surface area contributed by atoms with Gasteiger partial charge in [0, 0.05) is 22.7 Å². The van der Waals surface area contributed by atoms with Gasteiger partial charge in [0.05, 0.1) is 4.88 Å². The first-order chi connectivity index (χ1) is 8.54. The molecule has 2 rings (SSSR count). The summed E-state index contributed by atoms with van der Waals surface area (Å²) in [6, 6.07) is 1.92. The summed E-state index contributed by atoms with van der Waals surface area (Å²) < 4.78 is 6.10. The van der Waals surface area contributed by atoms with Crippen molar-refractivity contribution in [1.29, 1.82) is 0 Å². The van der Waals surface area contributed by atoms with Crippen LogP contribution < -0.4 is 0 Å². The zero-order valence-corrected chi connectivity index (χ0v) is 12.0. The molecule has 96 valence electrons. The van der Waals surface area contributed by atoms with Gasteiger partial charge in [-0.25, -0.2) is 0 Å². The van der Waals surface area contributed by atoms with Crippen molar-refractivity contribution in [2.45, 2.75) is 19.8 Å². The fourth-order valence-electron chi connectivity index (χ4n) is 1.54. The molecule has 0 fully saturated rings. The van der Waals surface area contributed by atoms with E-state index in [0.717, 1.165) is 9.35 Å². The van der Waals surface area contributed by atoms with Crippen molar-refractivity contribution in [1.82, 2.24) is 10.1 Å². The van der Waals surface area contributed by atoms with Crippen LogP contribution in [-0.2, 0) is 11.2 Å². The molecule has 2 aromatic heterocycles. The van der Waals surface area contributed by atoms with Gasteiger partial charge in [0.2, 0.25) is 11.7 Å². The molecule has 1 atom stereocenters. The van der Waals surface area contributed by atoms with Crippen LogP contribution in [0.4, 0.5) is 0 Å². The lowest BCUT2D eigenvalue weighted by molar-refractivity contribution is -0.137. The smallest absolute Gasteiger partial charge is 0.303 e. The number of carboxylic acid groups (broad SMARTS) is 1. The zero-order valence-electron chi connectivity index (χ0n) is 9.59. The van der Waals surface area contributed by atoms with Gasteiger partial charge in [0.25, 0.3) is 0 Å². The van der Waals surface area contributed by atoms with Crippen LogP contribution in [0.3, 0.4) is 0 Å². The molecule has 0 aromatic carbocycles. The predicted octanol–water partition coefficient (Wildman–Crippen LogP) is 3.21. The minimum absolute atomic E-state index is 0.0223. The minimum Gasteiger partial charge on any atom is -0.481 e. The molecule has 5 nitrogen and oxygen atoms in total. The maximum atomic E-state index is 10.6. The number of hydrogen-bond acceptors (Lipinski definition) is 5. The molecule has 1 N–H and O–H groups in total. The highest BCUT2D eigenvalue weighted by Crippen LogP contribution is 2.28. The Balaban J connectivity index is 2.04. The Morgan fingerprint density at radius 1 is 1.67 bits per heavy atom. The second kappa shape index (κ2) is 5.62. The van der Waals surface area contributed by atoms with Gasteiger partial charge in [-0.15, -0.1) is 11.3 Å². The number of aliphatic carboxylic acids is 1. The van der Waals surface area contributed by atoms with E-state index in [9.17, 15) is 4.79 Å². The van der Waals surface area contributed by atoms with Gasteiger partial charge in [0.15, 0.2) is 0 Å². The molecule has 2 aromatic rings. The standard InChI is InChI=1S/C11H11BrN2O3S/c1-6(3-10(15)16)2-9-13-11(14-17-9)8-4-7(12)5-18-8/h4-6H,2-3H2,1H3,(H,15,16). The number of aromatic nitrogens is 2. The maximum Gasteiger partial charge on any atom is 0.303 e. The molecule has 0 aliphatic rings. The normalized spacial score (nSPS) is 12.6. The van der Waals surface area contributed by atoms with Gasteiger partial charge in [-0.1, -0.05) is 12.1 Å². The summed E-state index contributed by atoms with van der Waals surface area (Å²) in [7, 11) is 0. The van der Waals surface area contributed by atoms with Crippen LogP contribution in [-0.4, -0.2) is 21.2 Å². The Labute approximate surface area is 116 Å². The first-order valence-corrected chi connectivity index (χ1v) is 7.00. The Bertz CT molecular complexity index is 552. The average molecular weight is 331 g/mol. The van der Waals surface area contributed by atoms with E-state index in [2.05, 4.69) is 26.1 Å². The molecule has 1 unspecified atom stereocenters. The van der Waals surface area contributed by atoms with Crippen LogP contribution in [0.5, 0.6) is 0 Å². The fraction of sp³-hybridized carbons (Fsp3) is 0.364. The van der Waals surface area contributed by atoms with E-state index in [4.69, 9.17) is 9.63 Å². The van der Waals surface area contributed by atoms with Crippen LogP contribution in [0, 0.1) is 5.92 Å². The summed E-state index contributed by atoms with van der Waals surface area (Å²) in [6.07, 6.45) is 0.577. The van der Waals surface area contributed by atoms with E-state index in [0.29, 0.717) is 18.1 Å². The second-order valence-electron chi connectivity index (χ2n) is 4.05. The van der Waals surface area contributed by atoms with E-state index in [1.54, 1.807) is 0 Å².